The Morgan fingerprint density at radius 2 is 1.92 bits per heavy atom. The number of thioether (sulfide) groups is 1. The van der Waals surface area contributed by atoms with Crippen molar-refractivity contribution in [3.8, 4) is 0 Å². The van der Waals surface area contributed by atoms with E-state index >= 15 is 0 Å². The van der Waals surface area contributed by atoms with Crippen LogP contribution in [0, 0.1) is 5.92 Å². The Labute approximate surface area is 81.7 Å². The van der Waals surface area contributed by atoms with Crippen LogP contribution in [0.25, 0.3) is 0 Å². The van der Waals surface area contributed by atoms with Gasteiger partial charge in [-0.3, -0.25) is 0 Å². The summed E-state index contributed by atoms with van der Waals surface area (Å²) < 4.78 is 0. The molecule has 0 amide bonds. The number of hydrogen-bond donors (Lipinski definition) is 1. The molecule has 2 unspecified atom stereocenters. The zero-order valence-corrected chi connectivity index (χ0v) is 9.71. The molecule has 2 heteroatoms. The summed E-state index contributed by atoms with van der Waals surface area (Å²) >= 11 is 2.09. The van der Waals surface area contributed by atoms with Gasteiger partial charge in [0.1, 0.15) is 0 Å². The number of rotatable bonds is 7. The minimum atomic E-state index is 0.809. The first-order valence-corrected chi connectivity index (χ1v) is 6.07. The first kappa shape index (κ1) is 12.3. The van der Waals surface area contributed by atoms with E-state index in [4.69, 9.17) is 0 Å². The summed E-state index contributed by atoms with van der Waals surface area (Å²) in [6, 6.07) is 0. The van der Waals surface area contributed by atoms with E-state index < -0.39 is 0 Å². The first-order chi connectivity index (χ1) is 5.70. The molecule has 0 aliphatic carbocycles. The first-order valence-electron chi connectivity index (χ1n) is 5.03. The molecule has 1 N–H and O–H groups in total. The summed E-state index contributed by atoms with van der Waals surface area (Å²) in [5.41, 5.74) is 0. The fraction of sp³-hybridized carbons (Fsp3) is 1.00. The smallest absolute Gasteiger partial charge is 0.00162 e. The summed E-state index contributed by atoms with van der Waals surface area (Å²) in [5, 5.41) is 4.20. The van der Waals surface area contributed by atoms with Gasteiger partial charge in [0.05, 0.1) is 0 Å². The van der Waals surface area contributed by atoms with Crippen LogP contribution >= 0.6 is 11.8 Å². The summed E-state index contributed by atoms with van der Waals surface area (Å²) in [4.78, 5) is 0. The monoisotopic (exact) mass is 189 g/mol. The normalized spacial score (nSPS) is 16.0. The van der Waals surface area contributed by atoms with Gasteiger partial charge in [-0.2, -0.15) is 11.8 Å². The van der Waals surface area contributed by atoms with Crippen molar-refractivity contribution in [1.29, 1.82) is 0 Å². The van der Waals surface area contributed by atoms with Gasteiger partial charge in [0, 0.05) is 5.25 Å². The maximum Gasteiger partial charge on any atom is 0.00162 e. The van der Waals surface area contributed by atoms with E-state index in [0.29, 0.717) is 0 Å². The van der Waals surface area contributed by atoms with Crippen LogP contribution in [-0.4, -0.2) is 24.1 Å². The second kappa shape index (κ2) is 7.93. The van der Waals surface area contributed by atoms with Crippen molar-refractivity contribution >= 4 is 11.8 Å². The minimum Gasteiger partial charge on any atom is -0.317 e. The van der Waals surface area contributed by atoms with Gasteiger partial charge < -0.3 is 5.32 Å². The van der Waals surface area contributed by atoms with Crippen molar-refractivity contribution < 1.29 is 0 Å². The van der Waals surface area contributed by atoms with Gasteiger partial charge in [-0.15, -0.1) is 0 Å². The van der Waals surface area contributed by atoms with Crippen molar-refractivity contribution in [2.24, 2.45) is 5.92 Å². The van der Waals surface area contributed by atoms with Crippen LogP contribution in [0.15, 0.2) is 0 Å². The SMILES string of the molecule is CCNCC(C)CSC(C)CC. The second-order valence-corrected chi connectivity index (χ2v) is 4.94. The third kappa shape index (κ3) is 6.99. The molecule has 74 valence electrons. The molecule has 0 aliphatic rings. The zero-order chi connectivity index (χ0) is 9.40. The maximum absolute atomic E-state index is 3.38. The number of nitrogens with one attached hydrogen (secondary N) is 1. The fourth-order valence-electron chi connectivity index (χ4n) is 0.896. The average molecular weight is 189 g/mol. The highest BCUT2D eigenvalue weighted by atomic mass is 32.2. The van der Waals surface area contributed by atoms with Crippen LogP contribution in [0.2, 0.25) is 0 Å². The Hall–Kier alpha value is 0.310. The molecule has 1 nitrogen and oxygen atoms in total. The molecule has 2 atom stereocenters. The van der Waals surface area contributed by atoms with Crippen molar-refractivity contribution in [1.82, 2.24) is 5.32 Å². The summed E-state index contributed by atoms with van der Waals surface area (Å²) in [6.07, 6.45) is 1.29. The van der Waals surface area contributed by atoms with E-state index in [0.717, 1.165) is 17.7 Å². The molecule has 0 aromatic rings. The van der Waals surface area contributed by atoms with Crippen molar-refractivity contribution in [2.75, 3.05) is 18.8 Å². The molecule has 0 fully saturated rings. The molecule has 0 saturated heterocycles. The molecule has 0 aromatic heterocycles. The van der Waals surface area contributed by atoms with E-state index in [1.165, 1.54) is 18.7 Å². The summed E-state index contributed by atoms with van der Waals surface area (Å²) in [6.45, 7) is 11.3. The Morgan fingerprint density at radius 3 is 2.42 bits per heavy atom. The van der Waals surface area contributed by atoms with Gasteiger partial charge in [-0.05, 0) is 31.2 Å². The molecule has 0 aliphatic heterocycles. The Kier molecular flexibility index (Phi) is 8.14. The predicted molar refractivity (Wildman–Crippen MR) is 59.9 cm³/mol. The van der Waals surface area contributed by atoms with Crippen molar-refractivity contribution in [2.45, 2.75) is 39.4 Å². The third-order valence-corrected chi connectivity index (χ3v) is 3.65. The van der Waals surface area contributed by atoms with E-state index in [1.807, 2.05) is 0 Å². The number of hydrogen-bond acceptors (Lipinski definition) is 2. The van der Waals surface area contributed by atoms with Crippen LogP contribution in [-0.2, 0) is 0 Å². The lowest BCUT2D eigenvalue weighted by atomic mass is 10.2. The fourth-order valence-corrected chi connectivity index (χ4v) is 1.91. The minimum absolute atomic E-state index is 0.809. The van der Waals surface area contributed by atoms with Crippen LogP contribution in [0.1, 0.15) is 34.1 Å². The second-order valence-electron chi connectivity index (χ2n) is 3.47. The Morgan fingerprint density at radius 1 is 1.25 bits per heavy atom. The van der Waals surface area contributed by atoms with Crippen LogP contribution in [0.4, 0.5) is 0 Å². The van der Waals surface area contributed by atoms with E-state index in [9.17, 15) is 0 Å². The molecule has 0 aromatic carbocycles. The molecule has 0 heterocycles. The third-order valence-electron chi connectivity index (χ3n) is 1.98. The van der Waals surface area contributed by atoms with Crippen LogP contribution in [0.3, 0.4) is 0 Å². The van der Waals surface area contributed by atoms with Gasteiger partial charge in [0.25, 0.3) is 0 Å². The largest absolute Gasteiger partial charge is 0.317 e. The zero-order valence-electron chi connectivity index (χ0n) is 8.89. The lowest BCUT2D eigenvalue weighted by molar-refractivity contribution is 0.573. The molecular formula is C10H23NS. The molecule has 0 spiro atoms. The van der Waals surface area contributed by atoms with Gasteiger partial charge in [0.15, 0.2) is 0 Å². The molecule has 0 bridgehead atoms. The lowest BCUT2D eigenvalue weighted by Gasteiger charge is -2.14. The Balaban J connectivity index is 3.24. The van der Waals surface area contributed by atoms with Gasteiger partial charge in [0.2, 0.25) is 0 Å². The highest BCUT2D eigenvalue weighted by Crippen LogP contribution is 2.16. The molecule has 12 heavy (non-hydrogen) atoms. The van der Waals surface area contributed by atoms with Crippen LogP contribution in [0.5, 0.6) is 0 Å². The van der Waals surface area contributed by atoms with Crippen molar-refractivity contribution in [3.63, 3.8) is 0 Å². The quantitative estimate of drug-likeness (QED) is 0.661. The van der Waals surface area contributed by atoms with E-state index in [-0.39, 0.29) is 0 Å². The summed E-state index contributed by atoms with van der Waals surface area (Å²) in [7, 11) is 0. The molecular weight excluding hydrogens is 166 g/mol. The van der Waals surface area contributed by atoms with Gasteiger partial charge >= 0.3 is 0 Å². The lowest BCUT2D eigenvalue weighted by Crippen LogP contribution is -2.22. The standard InChI is InChI=1S/C10H23NS/c1-5-10(4)12-8-9(3)7-11-6-2/h9-11H,5-8H2,1-4H3. The highest BCUT2D eigenvalue weighted by molar-refractivity contribution is 7.99. The summed E-state index contributed by atoms with van der Waals surface area (Å²) in [5.74, 6) is 2.10. The van der Waals surface area contributed by atoms with E-state index in [2.05, 4.69) is 44.8 Å². The average Bonchev–Trinajstić information content (AvgIpc) is 2.10. The molecule has 0 saturated carbocycles. The van der Waals surface area contributed by atoms with Crippen molar-refractivity contribution in [3.05, 3.63) is 0 Å². The van der Waals surface area contributed by atoms with Gasteiger partial charge in [-0.1, -0.05) is 27.7 Å². The Bertz CT molecular complexity index is 95.8. The molecule has 0 rings (SSSR count). The van der Waals surface area contributed by atoms with Crippen LogP contribution < -0.4 is 5.32 Å². The topological polar surface area (TPSA) is 12.0 Å². The highest BCUT2D eigenvalue weighted by Gasteiger charge is 2.04. The van der Waals surface area contributed by atoms with Gasteiger partial charge in [-0.25, -0.2) is 0 Å². The van der Waals surface area contributed by atoms with E-state index in [1.54, 1.807) is 0 Å². The molecule has 0 radical (unpaired) electrons. The maximum atomic E-state index is 3.38. The predicted octanol–water partition coefficient (Wildman–Crippen LogP) is 2.76.